The van der Waals surface area contributed by atoms with E-state index < -0.39 is 0 Å². The number of aryl methyl sites for hydroxylation is 1. The van der Waals surface area contributed by atoms with E-state index >= 15 is 0 Å². The Morgan fingerprint density at radius 1 is 1.28 bits per heavy atom. The lowest BCUT2D eigenvalue weighted by molar-refractivity contribution is 0.280. The van der Waals surface area contributed by atoms with Gasteiger partial charge in [0.2, 0.25) is 0 Å². The van der Waals surface area contributed by atoms with Gasteiger partial charge in [0.1, 0.15) is 5.15 Å². The molecule has 0 atom stereocenters. The first-order valence-corrected chi connectivity index (χ1v) is 6.51. The van der Waals surface area contributed by atoms with Gasteiger partial charge in [0.15, 0.2) is 0 Å². The SMILES string of the molecule is CCc1nn(Cc2ccccc2Cl)c(Cl)c1CO. The van der Waals surface area contributed by atoms with E-state index in [1.165, 1.54) is 0 Å². The highest BCUT2D eigenvalue weighted by atomic mass is 35.5. The lowest BCUT2D eigenvalue weighted by Gasteiger charge is -2.05. The molecule has 0 unspecified atom stereocenters. The van der Waals surface area contributed by atoms with Crippen molar-refractivity contribution >= 4 is 23.2 Å². The van der Waals surface area contributed by atoms with Gasteiger partial charge in [0.05, 0.1) is 18.8 Å². The highest BCUT2D eigenvalue weighted by Gasteiger charge is 2.14. The maximum Gasteiger partial charge on any atom is 0.133 e. The second-order valence-electron chi connectivity index (χ2n) is 3.98. The van der Waals surface area contributed by atoms with Crippen LogP contribution >= 0.6 is 23.2 Å². The summed E-state index contributed by atoms with van der Waals surface area (Å²) < 4.78 is 1.67. The Labute approximate surface area is 116 Å². The molecule has 96 valence electrons. The molecule has 1 heterocycles. The number of hydrogen-bond acceptors (Lipinski definition) is 2. The maximum absolute atomic E-state index is 9.30. The molecule has 0 saturated heterocycles. The fourth-order valence-electron chi connectivity index (χ4n) is 1.86. The van der Waals surface area contributed by atoms with Gasteiger partial charge >= 0.3 is 0 Å². The largest absolute Gasteiger partial charge is 0.391 e. The molecule has 1 aromatic carbocycles. The molecule has 2 rings (SSSR count). The Kier molecular flexibility index (Phi) is 4.27. The van der Waals surface area contributed by atoms with E-state index in [1.807, 2.05) is 31.2 Å². The van der Waals surface area contributed by atoms with Crippen LogP contribution in [-0.2, 0) is 19.6 Å². The van der Waals surface area contributed by atoms with E-state index in [9.17, 15) is 5.11 Å². The number of halogens is 2. The van der Waals surface area contributed by atoms with Crippen LogP contribution in [0.1, 0.15) is 23.7 Å². The number of nitrogens with zero attached hydrogens (tertiary/aromatic N) is 2. The molecule has 0 radical (unpaired) electrons. The smallest absolute Gasteiger partial charge is 0.133 e. The van der Waals surface area contributed by atoms with Gasteiger partial charge in [-0.3, -0.25) is 0 Å². The molecule has 3 nitrogen and oxygen atoms in total. The fraction of sp³-hybridized carbons (Fsp3) is 0.308. The molecular formula is C13H14Cl2N2O. The lowest BCUT2D eigenvalue weighted by Crippen LogP contribution is -2.03. The molecule has 0 spiro atoms. The second-order valence-corrected chi connectivity index (χ2v) is 4.74. The van der Waals surface area contributed by atoms with Gasteiger partial charge in [-0.2, -0.15) is 5.10 Å². The number of hydrogen-bond donors (Lipinski definition) is 1. The predicted molar refractivity (Wildman–Crippen MR) is 73.1 cm³/mol. The van der Waals surface area contributed by atoms with Gasteiger partial charge < -0.3 is 5.11 Å². The molecule has 0 fully saturated rings. The van der Waals surface area contributed by atoms with Crippen molar-refractivity contribution in [2.24, 2.45) is 0 Å². The first-order valence-electron chi connectivity index (χ1n) is 5.75. The summed E-state index contributed by atoms with van der Waals surface area (Å²) in [6, 6.07) is 7.58. The van der Waals surface area contributed by atoms with Crippen LogP contribution < -0.4 is 0 Å². The molecule has 1 N–H and O–H groups in total. The van der Waals surface area contributed by atoms with Crippen LogP contribution in [0.2, 0.25) is 10.2 Å². The Bertz CT molecular complexity index is 552. The van der Waals surface area contributed by atoms with Crippen LogP contribution in [0, 0.1) is 0 Å². The average molecular weight is 285 g/mol. The predicted octanol–water partition coefficient (Wildman–Crippen LogP) is 3.29. The zero-order chi connectivity index (χ0) is 13.1. The third kappa shape index (κ3) is 2.53. The summed E-state index contributed by atoms with van der Waals surface area (Å²) in [4.78, 5) is 0. The van der Waals surface area contributed by atoms with E-state index in [0.717, 1.165) is 17.7 Å². The Morgan fingerprint density at radius 3 is 2.56 bits per heavy atom. The topological polar surface area (TPSA) is 38.0 Å². The van der Waals surface area contributed by atoms with Gasteiger partial charge in [-0.05, 0) is 18.1 Å². The van der Waals surface area contributed by atoms with E-state index in [4.69, 9.17) is 23.2 Å². The summed E-state index contributed by atoms with van der Waals surface area (Å²) in [5.74, 6) is 0. The van der Waals surface area contributed by atoms with Crippen molar-refractivity contribution in [3.63, 3.8) is 0 Å². The molecule has 0 aliphatic rings. The molecule has 0 bridgehead atoms. The van der Waals surface area contributed by atoms with Crippen molar-refractivity contribution in [1.29, 1.82) is 0 Å². The van der Waals surface area contributed by atoms with Crippen LogP contribution in [0.3, 0.4) is 0 Å². The first kappa shape index (κ1) is 13.4. The Morgan fingerprint density at radius 2 is 2.00 bits per heavy atom. The van der Waals surface area contributed by atoms with Crippen molar-refractivity contribution in [3.05, 3.63) is 51.3 Å². The van der Waals surface area contributed by atoms with Gasteiger partial charge in [-0.15, -0.1) is 0 Å². The van der Waals surface area contributed by atoms with Crippen molar-refractivity contribution in [1.82, 2.24) is 9.78 Å². The molecule has 0 saturated carbocycles. The highest BCUT2D eigenvalue weighted by Crippen LogP contribution is 2.23. The van der Waals surface area contributed by atoms with Crippen molar-refractivity contribution in [3.8, 4) is 0 Å². The van der Waals surface area contributed by atoms with E-state index in [1.54, 1.807) is 4.68 Å². The average Bonchev–Trinajstić information content (AvgIpc) is 2.68. The van der Waals surface area contributed by atoms with Crippen LogP contribution in [-0.4, -0.2) is 14.9 Å². The standard InChI is InChI=1S/C13H14Cl2N2O/c1-2-12-10(8-18)13(15)17(16-12)7-9-5-3-4-6-11(9)14/h3-6,18H,2,7-8H2,1H3. The minimum atomic E-state index is -0.0927. The monoisotopic (exact) mass is 284 g/mol. The summed E-state index contributed by atoms with van der Waals surface area (Å²) >= 11 is 12.3. The Hall–Kier alpha value is -1.03. The van der Waals surface area contributed by atoms with Gasteiger partial charge in [-0.25, -0.2) is 4.68 Å². The quantitative estimate of drug-likeness (QED) is 0.936. The summed E-state index contributed by atoms with van der Waals surface area (Å²) in [6.45, 7) is 2.40. The van der Waals surface area contributed by atoms with Crippen LogP contribution in [0.15, 0.2) is 24.3 Å². The molecule has 2 aromatic rings. The summed E-state index contributed by atoms with van der Waals surface area (Å²) in [7, 11) is 0. The normalized spacial score (nSPS) is 10.9. The molecule has 0 aliphatic heterocycles. The number of rotatable bonds is 4. The molecule has 1 aromatic heterocycles. The minimum absolute atomic E-state index is 0.0927. The van der Waals surface area contributed by atoms with Crippen LogP contribution in [0.4, 0.5) is 0 Å². The zero-order valence-corrected chi connectivity index (χ0v) is 11.5. The molecule has 5 heteroatoms. The third-order valence-electron chi connectivity index (χ3n) is 2.84. The van der Waals surface area contributed by atoms with Gasteiger partial charge in [-0.1, -0.05) is 48.3 Å². The Balaban J connectivity index is 2.35. The van der Waals surface area contributed by atoms with Crippen molar-refractivity contribution in [2.75, 3.05) is 0 Å². The second kappa shape index (κ2) is 5.74. The van der Waals surface area contributed by atoms with Crippen molar-refractivity contribution in [2.45, 2.75) is 26.5 Å². The summed E-state index contributed by atoms with van der Waals surface area (Å²) in [6.07, 6.45) is 0.741. The van der Waals surface area contributed by atoms with E-state index in [2.05, 4.69) is 5.10 Å². The molecular weight excluding hydrogens is 271 g/mol. The van der Waals surface area contributed by atoms with Crippen molar-refractivity contribution < 1.29 is 5.11 Å². The van der Waals surface area contributed by atoms with Crippen LogP contribution in [0.5, 0.6) is 0 Å². The maximum atomic E-state index is 9.30. The van der Waals surface area contributed by atoms with Gasteiger partial charge in [0, 0.05) is 10.6 Å². The van der Waals surface area contributed by atoms with Gasteiger partial charge in [0.25, 0.3) is 0 Å². The fourth-order valence-corrected chi connectivity index (χ4v) is 2.32. The molecule has 0 amide bonds. The minimum Gasteiger partial charge on any atom is -0.391 e. The van der Waals surface area contributed by atoms with E-state index in [-0.39, 0.29) is 6.61 Å². The summed E-state index contributed by atoms with van der Waals surface area (Å²) in [5.41, 5.74) is 2.48. The zero-order valence-electron chi connectivity index (χ0n) is 10.0. The first-order chi connectivity index (χ1) is 8.67. The number of aromatic nitrogens is 2. The molecule has 18 heavy (non-hydrogen) atoms. The summed E-state index contributed by atoms with van der Waals surface area (Å²) in [5, 5.41) is 14.9. The number of aliphatic hydroxyl groups is 1. The third-order valence-corrected chi connectivity index (χ3v) is 3.63. The highest BCUT2D eigenvalue weighted by molar-refractivity contribution is 6.31. The number of benzene rings is 1. The van der Waals surface area contributed by atoms with Crippen LogP contribution in [0.25, 0.3) is 0 Å². The number of aliphatic hydroxyl groups excluding tert-OH is 1. The van der Waals surface area contributed by atoms with E-state index in [0.29, 0.717) is 22.3 Å². The lowest BCUT2D eigenvalue weighted by atomic mass is 10.2. The molecule has 0 aliphatic carbocycles.